The van der Waals surface area contributed by atoms with Gasteiger partial charge in [0.15, 0.2) is 0 Å². The van der Waals surface area contributed by atoms with Crippen molar-refractivity contribution in [2.45, 2.75) is 25.9 Å². The van der Waals surface area contributed by atoms with Crippen LogP contribution in [0.2, 0.25) is 0 Å². The summed E-state index contributed by atoms with van der Waals surface area (Å²) >= 11 is 0. The zero-order valence-electron chi connectivity index (χ0n) is 12.5. The van der Waals surface area contributed by atoms with Gasteiger partial charge in [-0.2, -0.15) is 0 Å². The van der Waals surface area contributed by atoms with Crippen LogP contribution in [0, 0.1) is 0 Å². The molecule has 1 aliphatic heterocycles. The zero-order valence-corrected chi connectivity index (χ0v) is 12.5. The highest BCUT2D eigenvalue weighted by atomic mass is 15.3. The Morgan fingerprint density at radius 3 is 2.55 bits per heavy atom. The minimum atomic E-state index is 0.435. The first-order valence-corrected chi connectivity index (χ1v) is 7.27. The lowest BCUT2D eigenvalue weighted by atomic mass is 10.2. The average Bonchev–Trinajstić information content (AvgIpc) is 2.47. The molecule has 5 nitrogen and oxygen atoms in total. The second kappa shape index (κ2) is 7.36. The summed E-state index contributed by atoms with van der Waals surface area (Å²) in [5.41, 5.74) is 1.12. The molecule has 0 bridgehead atoms. The van der Waals surface area contributed by atoms with Crippen LogP contribution in [-0.2, 0) is 6.54 Å². The molecular formula is C15H25N5. The van der Waals surface area contributed by atoms with Crippen molar-refractivity contribution < 1.29 is 0 Å². The van der Waals surface area contributed by atoms with Gasteiger partial charge in [0, 0.05) is 56.7 Å². The summed E-state index contributed by atoms with van der Waals surface area (Å²) in [4.78, 5) is 13.6. The van der Waals surface area contributed by atoms with Crippen molar-refractivity contribution in [3.63, 3.8) is 0 Å². The van der Waals surface area contributed by atoms with Gasteiger partial charge in [-0.05, 0) is 20.4 Å². The molecule has 0 aromatic carbocycles. The summed E-state index contributed by atoms with van der Waals surface area (Å²) < 4.78 is 0. The monoisotopic (exact) mass is 275 g/mol. The SMILES string of the molecule is C=CCC(C)NCc1cnc(N2CCN(C)CC2)nc1. The van der Waals surface area contributed by atoms with Gasteiger partial charge in [0.05, 0.1) is 0 Å². The smallest absolute Gasteiger partial charge is 0.225 e. The molecule has 5 heteroatoms. The van der Waals surface area contributed by atoms with E-state index >= 15 is 0 Å². The van der Waals surface area contributed by atoms with Crippen LogP contribution in [-0.4, -0.2) is 54.1 Å². The largest absolute Gasteiger partial charge is 0.338 e. The van der Waals surface area contributed by atoms with Crippen LogP contribution in [0.5, 0.6) is 0 Å². The molecule has 1 aliphatic rings. The quantitative estimate of drug-likeness (QED) is 0.792. The Kier molecular flexibility index (Phi) is 5.49. The molecule has 1 aromatic rings. The van der Waals surface area contributed by atoms with E-state index in [2.05, 4.69) is 45.6 Å². The first kappa shape index (κ1) is 14.9. The molecule has 1 fully saturated rings. The number of nitrogens with zero attached hydrogens (tertiary/aromatic N) is 4. The van der Waals surface area contributed by atoms with Gasteiger partial charge in [0.25, 0.3) is 0 Å². The van der Waals surface area contributed by atoms with E-state index < -0.39 is 0 Å². The van der Waals surface area contributed by atoms with Gasteiger partial charge in [-0.15, -0.1) is 6.58 Å². The Hall–Kier alpha value is -1.46. The zero-order chi connectivity index (χ0) is 14.4. The topological polar surface area (TPSA) is 44.3 Å². The van der Waals surface area contributed by atoms with Crippen molar-refractivity contribution >= 4 is 5.95 Å². The van der Waals surface area contributed by atoms with Gasteiger partial charge < -0.3 is 15.1 Å². The number of nitrogens with one attached hydrogen (secondary N) is 1. The summed E-state index contributed by atoms with van der Waals surface area (Å²) in [5, 5.41) is 3.43. The molecule has 0 radical (unpaired) electrons. The van der Waals surface area contributed by atoms with Crippen LogP contribution in [0.15, 0.2) is 25.0 Å². The average molecular weight is 275 g/mol. The number of hydrogen-bond donors (Lipinski definition) is 1. The van der Waals surface area contributed by atoms with Crippen molar-refractivity contribution in [3.05, 3.63) is 30.6 Å². The molecule has 0 amide bonds. The maximum atomic E-state index is 4.49. The van der Waals surface area contributed by atoms with Crippen molar-refractivity contribution in [2.75, 3.05) is 38.1 Å². The highest BCUT2D eigenvalue weighted by molar-refractivity contribution is 5.30. The van der Waals surface area contributed by atoms with E-state index in [0.717, 1.165) is 50.7 Å². The molecule has 1 unspecified atom stereocenters. The van der Waals surface area contributed by atoms with Gasteiger partial charge in [-0.25, -0.2) is 9.97 Å². The number of piperazine rings is 1. The van der Waals surface area contributed by atoms with E-state index in [1.807, 2.05) is 18.5 Å². The van der Waals surface area contributed by atoms with E-state index in [0.29, 0.717) is 6.04 Å². The maximum Gasteiger partial charge on any atom is 0.225 e. The number of aromatic nitrogens is 2. The Morgan fingerprint density at radius 1 is 1.30 bits per heavy atom. The molecule has 1 saturated heterocycles. The van der Waals surface area contributed by atoms with Gasteiger partial charge in [0.1, 0.15) is 0 Å². The lowest BCUT2D eigenvalue weighted by Gasteiger charge is -2.32. The molecule has 1 aromatic heterocycles. The van der Waals surface area contributed by atoms with E-state index in [4.69, 9.17) is 0 Å². The van der Waals surface area contributed by atoms with E-state index in [1.165, 1.54) is 0 Å². The summed E-state index contributed by atoms with van der Waals surface area (Å²) in [7, 11) is 2.15. The van der Waals surface area contributed by atoms with Gasteiger partial charge >= 0.3 is 0 Å². The Morgan fingerprint density at radius 2 is 1.95 bits per heavy atom. The fourth-order valence-electron chi connectivity index (χ4n) is 2.23. The first-order chi connectivity index (χ1) is 9.69. The summed E-state index contributed by atoms with van der Waals surface area (Å²) in [5.74, 6) is 0.848. The lowest BCUT2D eigenvalue weighted by Crippen LogP contribution is -2.45. The third kappa shape index (κ3) is 4.28. The first-order valence-electron chi connectivity index (χ1n) is 7.27. The van der Waals surface area contributed by atoms with Gasteiger partial charge in [-0.3, -0.25) is 0 Å². The lowest BCUT2D eigenvalue weighted by molar-refractivity contribution is 0.311. The fraction of sp³-hybridized carbons (Fsp3) is 0.600. The van der Waals surface area contributed by atoms with Gasteiger partial charge in [0.2, 0.25) is 5.95 Å². The highest BCUT2D eigenvalue weighted by Gasteiger charge is 2.15. The maximum absolute atomic E-state index is 4.49. The number of hydrogen-bond acceptors (Lipinski definition) is 5. The predicted octanol–water partition coefficient (Wildman–Crippen LogP) is 1.28. The molecular weight excluding hydrogens is 250 g/mol. The second-order valence-electron chi connectivity index (χ2n) is 5.49. The standard InChI is InChI=1S/C15H25N5/c1-4-5-13(2)16-10-14-11-17-15(18-12-14)20-8-6-19(3)7-9-20/h4,11-13,16H,1,5-10H2,2-3H3. The summed E-state index contributed by atoms with van der Waals surface area (Å²) in [6.07, 6.45) is 6.76. The minimum Gasteiger partial charge on any atom is -0.338 e. The Bertz CT molecular complexity index is 409. The van der Waals surface area contributed by atoms with Gasteiger partial charge in [-0.1, -0.05) is 6.08 Å². The second-order valence-corrected chi connectivity index (χ2v) is 5.49. The highest BCUT2D eigenvalue weighted by Crippen LogP contribution is 2.10. The Labute approximate surface area is 121 Å². The molecule has 2 rings (SSSR count). The van der Waals surface area contributed by atoms with E-state index in [-0.39, 0.29) is 0 Å². The third-order valence-corrected chi connectivity index (χ3v) is 3.65. The minimum absolute atomic E-state index is 0.435. The van der Waals surface area contributed by atoms with Crippen molar-refractivity contribution in [1.29, 1.82) is 0 Å². The molecule has 0 saturated carbocycles. The van der Waals surface area contributed by atoms with Crippen LogP contribution in [0.1, 0.15) is 18.9 Å². The van der Waals surface area contributed by atoms with E-state index in [9.17, 15) is 0 Å². The Balaban J connectivity index is 1.85. The molecule has 20 heavy (non-hydrogen) atoms. The van der Waals surface area contributed by atoms with Crippen LogP contribution < -0.4 is 10.2 Å². The van der Waals surface area contributed by atoms with Crippen LogP contribution in [0.4, 0.5) is 5.95 Å². The molecule has 0 aliphatic carbocycles. The van der Waals surface area contributed by atoms with Crippen LogP contribution >= 0.6 is 0 Å². The van der Waals surface area contributed by atoms with E-state index in [1.54, 1.807) is 0 Å². The number of rotatable bonds is 6. The molecule has 0 spiro atoms. The van der Waals surface area contributed by atoms with Crippen LogP contribution in [0.25, 0.3) is 0 Å². The van der Waals surface area contributed by atoms with Crippen LogP contribution in [0.3, 0.4) is 0 Å². The van der Waals surface area contributed by atoms with Crippen molar-refractivity contribution in [2.24, 2.45) is 0 Å². The van der Waals surface area contributed by atoms with Crippen molar-refractivity contribution in [3.8, 4) is 0 Å². The molecule has 110 valence electrons. The normalized spacial score (nSPS) is 18.0. The number of anilines is 1. The summed E-state index contributed by atoms with van der Waals surface area (Å²) in [6, 6.07) is 0.435. The molecule has 1 N–H and O–H groups in total. The molecule has 1 atom stereocenters. The molecule has 2 heterocycles. The predicted molar refractivity (Wildman–Crippen MR) is 82.9 cm³/mol. The fourth-order valence-corrected chi connectivity index (χ4v) is 2.23. The summed E-state index contributed by atoms with van der Waals surface area (Å²) in [6.45, 7) is 10.9. The third-order valence-electron chi connectivity index (χ3n) is 3.65. The van der Waals surface area contributed by atoms with Crippen molar-refractivity contribution in [1.82, 2.24) is 20.2 Å². The number of likely N-dealkylation sites (N-methyl/N-ethyl adjacent to an activating group) is 1.